The van der Waals surface area contributed by atoms with Gasteiger partial charge in [0.15, 0.2) is 5.78 Å². The van der Waals surface area contributed by atoms with E-state index in [1.165, 1.54) is 37.4 Å². The summed E-state index contributed by atoms with van der Waals surface area (Å²) in [6.07, 6.45) is -0.667. The maximum atomic E-state index is 12.3. The lowest BCUT2D eigenvalue weighted by Gasteiger charge is -2.26. The molecule has 22 heavy (non-hydrogen) atoms. The van der Waals surface area contributed by atoms with Crippen molar-refractivity contribution in [1.29, 1.82) is 0 Å². The minimum absolute atomic E-state index is 0.00418. The Labute approximate surface area is 126 Å². The van der Waals surface area contributed by atoms with Crippen LogP contribution in [0.1, 0.15) is 28.4 Å². The number of rotatable bonds is 2. The van der Waals surface area contributed by atoms with Crippen molar-refractivity contribution in [3.63, 3.8) is 0 Å². The number of benzene rings is 2. The molecule has 0 bridgehead atoms. The van der Waals surface area contributed by atoms with Crippen LogP contribution in [0.5, 0.6) is 28.7 Å². The van der Waals surface area contributed by atoms with E-state index in [4.69, 9.17) is 9.47 Å². The number of hydrogen-bond acceptors (Lipinski definition) is 6. The zero-order chi connectivity index (χ0) is 15.9. The maximum Gasteiger partial charge on any atom is 0.174 e. The molecule has 0 aliphatic carbocycles. The lowest BCUT2D eigenvalue weighted by atomic mass is 9.95. The van der Waals surface area contributed by atoms with Gasteiger partial charge in [-0.3, -0.25) is 4.79 Å². The predicted molar refractivity (Wildman–Crippen MR) is 76.7 cm³/mol. The highest BCUT2D eigenvalue weighted by Crippen LogP contribution is 2.42. The summed E-state index contributed by atoms with van der Waals surface area (Å²) in [5, 5.41) is 29.0. The minimum Gasteiger partial charge on any atom is -0.508 e. The SMILES string of the molecule is COc1cc(O)c2c(c1)O[C@@H](c1cc(O)cc(O)c1)CC2=O. The van der Waals surface area contributed by atoms with Gasteiger partial charge in [0.2, 0.25) is 0 Å². The lowest BCUT2D eigenvalue weighted by molar-refractivity contribution is 0.0844. The molecule has 0 unspecified atom stereocenters. The summed E-state index contributed by atoms with van der Waals surface area (Å²) in [7, 11) is 1.44. The van der Waals surface area contributed by atoms with Crippen molar-refractivity contribution in [1.82, 2.24) is 0 Å². The molecule has 0 aromatic heterocycles. The molecule has 3 N–H and O–H groups in total. The van der Waals surface area contributed by atoms with Crippen LogP contribution in [0.3, 0.4) is 0 Å². The molecule has 2 aromatic rings. The molecule has 0 radical (unpaired) electrons. The van der Waals surface area contributed by atoms with Crippen molar-refractivity contribution in [3.8, 4) is 28.7 Å². The van der Waals surface area contributed by atoms with Crippen LogP contribution in [-0.4, -0.2) is 28.2 Å². The molecular formula is C16H14O6. The van der Waals surface area contributed by atoms with Crippen LogP contribution in [-0.2, 0) is 0 Å². The van der Waals surface area contributed by atoms with Crippen LogP contribution in [0.15, 0.2) is 30.3 Å². The summed E-state index contributed by atoms with van der Waals surface area (Å²) in [5.41, 5.74) is 0.584. The van der Waals surface area contributed by atoms with Crippen LogP contribution in [0.2, 0.25) is 0 Å². The van der Waals surface area contributed by atoms with Gasteiger partial charge in [0.25, 0.3) is 0 Å². The highest BCUT2D eigenvalue weighted by Gasteiger charge is 2.31. The number of carbonyl (C=O) groups excluding carboxylic acids is 1. The first-order valence-electron chi connectivity index (χ1n) is 6.61. The molecule has 1 atom stereocenters. The highest BCUT2D eigenvalue weighted by molar-refractivity contribution is 6.02. The third-order valence-electron chi connectivity index (χ3n) is 3.51. The lowest BCUT2D eigenvalue weighted by Crippen LogP contribution is -2.20. The van der Waals surface area contributed by atoms with Crippen LogP contribution in [0.4, 0.5) is 0 Å². The molecule has 2 aromatic carbocycles. The smallest absolute Gasteiger partial charge is 0.174 e. The van der Waals surface area contributed by atoms with Crippen molar-refractivity contribution in [2.45, 2.75) is 12.5 Å². The molecular weight excluding hydrogens is 288 g/mol. The van der Waals surface area contributed by atoms with Gasteiger partial charge >= 0.3 is 0 Å². The number of methoxy groups -OCH3 is 1. The summed E-state index contributed by atoms with van der Waals surface area (Å²) in [5.74, 6) is -0.147. The maximum absolute atomic E-state index is 12.3. The second-order valence-corrected chi connectivity index (χ2v) is 5.04. The number of phenols is 3. The molecule has 1 heterocycles. The molecule has 1 aliphatic heterocycles. The van der Waals surface area contributed by atoms with Crippen LogP contribution in [0.25, 0.3) is 0 Å². The molecule has 0 spiro atoms. The van der Waals surface area contributed by atoms with Crippen molar-refractivity contribution in [2.24, 2.45) is 0 Å². The summed E-state index contributed by atoms with van der Waals surface area (Å²) in [4.78, 5) is 12.3. The fraction of sp³-hybridized carbons (Fsp3) is 0.188. The van der Waals surface area contributed by atoms with E-state index in [1.807, 2.05) is 0 Å². The first kappa shape index (κ1) is 14.1. The van der Waals surface area contributed by atoms with Gasteiger partial charge in [0, 0.05) is 23.8 Å². The first-order valence-corrected chi connectivity index (χ1v) is 6.61. The van der Waals surface area contributed by atoms with Crippen molar-refractivity contribution in [2.75, 3.05) is 7.11 Å². The molecule has 3 rings (SSSR count). The molecule has 6 heteroatoms. The van der Waals surface area contributed by atoms with E-state index in [-0.39, 0.29) is 40.8 Å². The van der Waals surface area contributed by atoms with Crippen molar-refractivity contribution >= 4 is 5.78 Å². The molecule has 0 saturated heterocycles. The van der Waals surface area contributed by atoms with Gasteiger partial charge in [0.1, 0.15) is 40.4 Å². The second-order valence-electron chi connectivity index (χ2n) is 5.04. The number of hydrogen-bond donors (Lipinski definition) is 3. The van der Waals surface area contributed by atoms with Crippen LogP contribution >= 0.6 is 0 Å². The first-order chi connectivity index (χ1) is 10.5. The topological polar surface area (TPSA) is 96.2 Å². The standard InChI is InChI=1S/C16H14O6/c1-21-11-5-12(19)16-13(20)7-14(22-15(16)6-11)8-2-9(17)4-10(18)3-8/h2-6,14,17-19H,7H2,1H3/t14-/m1/s1. The number of ether oxygens (including phenoxy) is 2. The van der Waals surface area contributed by atoms with Crippen LogP contribution < -0.4 is 9.47 Å². The van der Waals surface area contributed by atoms with Gasteiger partial charge in [-0.15, -0.1) is 0 Å². The zero-order valence-electron chi connectivity index (χ0n) is 11.7. The molecule has 0 fully saturated rings. The second kappa shape index (κ2) is 5.14. The molecule has 6 nitrogen and oxygen atoms in total. The van der Waals surface area contributed by atoms with Crippen molar-refractivity contribution in [3.05, 3.63) is 41.5 Å². The number of Topliss-reactive ketones (excluding diaryl/α,β-unsaturated/α-hetero) is 1. The van der Waals surface area contributed by atoms with Crippen LogP contribution in [0, 0.1) is 0 Å². The summed E-state index contributed by atoms with van der Waals surface area (Å²) < 4.78 is 10.8. The molecule has 114 valence electrons. The highest BCUT2D eigenvalue weighted by atomic mass is 16.5. The normalized spacial score (nSPS) is 16.8. The van der Waals surface area contributed by atoms with Gasteiger partial charge in [-0.25, -0.2) is 0 Å². The number of fused-ring (bicyclic) bond motifs is 1. The minimum atomic E-state index is -0.662. The Kier molecular flexibility index (Phi) is 3.29. The molecule has 1 aliphatic rings. The Morgan fingerprint density at radius 1 is 1.09 bits per heavy atom. The largest absolute Gasteiger partial charge is 0.508 e. The number of carbonyl (C=O) groups is 1. The monoisotopic (exact) mass is 302 g/mol. The van der Waals surface area contributed by atoms with Gasteiger partial charge in [-0.2, -0.15) is 0 Å². The Bertz CT molecular complexity index is 732. The summed E-state index contributed by atoms with van der Waals surface area (Å²) in [6, 6.07) is 6.89. The van der Waals surface area contributed by atoms with E-state index >= 15 is 0 Å². The fourth-order valence-electron chi connectivity index (χ4n) is 2.52. The van der Waals surface area contributed by atoms with Gasteiger partial charge in [-0.1, -0.05) is 0 Å². The number of phenolic OH excluding ortho intramolecular Hbond substituents is 3. The predicted octanol–water partition coefficient (Wildman–Crippen LogP) is 2.52. The van der Waals surface area contributed by atoms with Gasteiger partial charge < -0.3 is 24.8 Å². The van der Waals surface area contributed by atoms with E-state index in [0.29, 0.717) is 11.3 Å². The Balaban J connectivity index is 2.03. The Morgan fingerprint density at radius 2 is 1.77 bits per heavy atom. The van der Waals surface area contributed by atoms with Crippen molar-refractivity contribution < 1.29 is 29.6 Å². The third-order valence-corrected chi connectivity index (χ3v) is 3.51. The number of aromatic hydroxyl groups is 3. The van der Waals surface area contributed by atoms with E-state index < -0.39 is 6.10 Å². The average Bonchev–Trinajstić information content (AvgIpc) is 2.45. The summed E-state index contributed by atoms with van der Waals surface area (Å²) >= 11 is 0. The van der Waals surface area contributed by atoms with Gasteiger partial charge in [-0.05, 0) is 12.1 Å². The molecule has 0 amide bonds. The van der Waals surface area contributed by atoms with E-state index in [1.54, 1.807) is 0 Å². The van der Waals surface area contributed by atoms with E-state index in [0.717, 1.165) is 0 Å². The Hall–Kier alpha value is -2.89. The fourth-order valence-corrected chi connectivity index (χ4v) is 2.52. The third kappa shape index (κ3) is 2.39. The quantitative estimate of drug-likeness (QED) is 0.789. The molecule has 0 saturated carbocycles. The summed E-state index contributed by atoms with van der Waals surface area (Å²) in [6.45, 7) is 0. The Morgan fingerprint density at radius 3 is 2.41 bits per heavy atom. The van der Waals surface area contributed by atoms with E-state index in [9.17, 15) is 20.1 Å². The average molecular weight is 302 g/mol. The van der Waals surface area contributed by atoms with Gasteiger partial charge in [0.05, 0.1) is 13.5 Å². The van der Waals surface area contributed by atoms with E-state index in [2.05, 4.69) is 0 Å². The number of ketones is 1. The zero-order valence-corrected chi connectivity index (χ0v) is 11.7.